The number of hydrogen-bond acceptors (Lipinski definition) is 3. The van der Waals surface area contributed by atoms with E-state index in [0.29, 0.717) is 5.17 Å². The average Bonchev–Trinajstić information content (AvgIpc) is 2.34. The summed E-state index contributed by atoms with van der Waals surface area (Å²) in [6.07, 6.45) is 3.86. The Labute approximate surface area is 107 Å². The molecule has 0 aliphatic heterocycles. The summed E-state index contributed by atoms with van der Waals surface area (Å²) in [6.45, 7) is 1.86. The van der Waals surface area contributed by atoms with Crippen molar-refractivity contribution in [3.63, 3.8) is 0 Å². The number of oxime groups is 1. The molecule has 0 spiro atoms. The first-order valence-corrected chi connectivity index (χ1v) is 5.66. The first kappa shape index (κ1) is 13.4. The van der Waals surface area contributed by atoms with Gasteiger partial charge in [-0.1, -0.05) is 41.6 Å². The van der Waals surface area contributed by atoms with Crippen molar-refractivity contribution in [2.24, 2.45) is 5.16 Å². The highest BCUT2D eigenvalue weighted by Crippen LogP contribution is 2.01. The van der Waals surface area contributed by atoms with Gasteiger partial charge < -0.3 is 9.74 Å². The van der Waals surface area contributed by atoms with Crippen molar-refractivity contribution in [3.05, 3.63) is 42.0 Å². The van der Waals surface area contributed by atoms with Gasteiger partial charge in [0.2, 0.25) is 0 Å². The molecule has 0 aliphatic carbocycles. The van der Waals surface area contributed by atoms with E-state index in [4.69, 9.17) is 17.1 Å². The van der Waals surface area contributed by atoms with E-state index in [1.165, 1.54) is 0 Å². The predicted octanol–water partition coefficient (Wildman–Crippen LogP) is 2.94. The Morgan fingerprint density at radius 1 is 1.29 bits per heavy atom. The molecular weight excluding hydrogens is 232 g/mol. The molecule has 0 unspecified atom stereocenters. The van der Waals surface area contributed by atoms with Crippen LogP contribution in [0.3, 0.4) is 0 Å². The number of allylic oxidation sites excluding steroid dienone is 1. The molecule has 0 amide bonds. The van der Waals surface area contributed by atoms with Gasteiger partial charge in [0.15, 0.2) is 0 Å². The smallest absolute Gasteiger partial charge is 0.291 e. The fraction of sp³-hybridized carbons (Fsp3) is 0.231. The first-order chi connectivity index (χ1) is 8.09. The molecule has 0 aliphatic rings. The maximum absolute atomic E-state index is 5.05. The first-order valence-electron chi connectivity index (χ1n) is 5.25. The van der Waals surface area contributed by atoms with Crippen molar-refractivity contribution >= 4 is 29.2 Å². The minimum atomic E-state index is 0.345. The Hall–Kier alpha value is -1.68. The summed E-state index contributed by atoms with van der Waals surface area (Å²) < 4.78 is 0. The van der Waals surface area contributed by atoms with Crippen LogP contribution in [0.15, 0.2) is 41.6 Å². The van der Waals surface area contributed by atoms with Crippen molar-refractivity contribution in [3.8, 4) is 0 Å². The molecule has 0 aromatic heterocycles. The van der Waals surface area contributed by atoms with Crippen molar-refractivity contribution in [2.45, 2.75) is 6.92 Å². The molecular formula is C13H16N2OS. The van der Waals surface area contributed by atoms with Crippen LogP contribution >= 0.6 is 12.2 Å². The number of rotatable bonds is 3. The molecule has 17 heavy (non-hydrogen) atoms. The lowest BCUT2D eigenvalue weighted by Crippen LogP contribution is -2.20. The largest absolute Gasteiger partial charge is 0.337 e. The van der Waals surface area contributed by atoms with Crippen LogP contribution in [-0.2, 0) is 4.84 Å². The molecule has 4 heteroatoms. The number of benzene rings is 1. The van der Waals surface area contributed by atoms with E-state index in [1.54, 1.807) is 4.90 Å². The third-order valence-electron chi connectivity index (χ3n) is 1.95. The van der Waals surface area contributed by atoms with Crippen LogP contribution in [0.25, 0.3) is 6.08 Å². The van der Waals surface area contributed by atoms with Crippen LogP contribution in [0, 0.1) is 0 Å². The van der Waals surface area contributed by atoms with Gasteiger partial charge in [-0.3, -0.25) is 0 Å². The van der Waals surface area contributed by atoms with E-state index >= 15 is 0 Å². The quantitative estimate of drug-likeness (QED) is 0.467. The van der Waals surface area contributed by atoms with E-state index in [9.17, 15) is 0 Å². The summed E-state index contributed by atoms with van der Waals surface area (Å²) in [5.41, 5.74) is 1.88. The maximum atomic E-state index is 5.05. The van der Waals surface area contributed by atoms with Crippen molar-refractivity contribution in [1.29, 1.82) is 0 Å². The van der Waals surface area contributed by atoms with Gasteiger partial charge in [-0.2, -0.15) is 0 Å². The average molecular weight is 248 g/mol. The molecule has 1 aromatic rings. The summed E-state index contributed by atoms with van der Waals surface area (Å²) in [5, 5.41) is 4.25. The van der Waals surface area contributed by atoms with Crippen LogP contribution in [0.5, 0.6) is 0 Å². The highest BCUT2D eigenvalue weighted by Gasteiger charge is 1.97. The van der Waals surface area contributed by atoms with Gasteiger partial charge in [-0.05, 0) is 30.8 Å². The zero-order chi connectivity index (χ0) is 12.7. The van der Waals surface area contributed by atoms with E-state index in [0.717, 1.165) is 11.3 Å². The van der Waals surface area contributed by atoms with Gasteiger partial charge in [0.05, 0.1) is 5.71 Å². The van der Waals surface area contributed by atoms with Gasteiger partial charge in [-0.25, -0.2) is 0 Å². The topological polar surface area (TPSA) is 24.8 Å². The second-order valence-electron chi connectivity index (χ2n) is 3.73. The van der Waals surface area contributed by atoms with Crippen LogP contribution < -0.4 is 0 Å². The Morgan fingerprint density at radius 2 is 1.94 bits per heavy atom. The van der Waals surface area contributed by atoms with Crippen molar-refractivity contribution in [1.82, 2.24) is 4.90 Å². The number of thiocarbonyl (C=S) groups is 1. The van der Waals surface area contributed by atoms with Gasteiger partial charge in [-0.15, -0.1) is 0 Å². The standard InChI is InChI=1S/C13H16N2OS/c1-11(14-16-13(17)15(2)3)9-10-12-7-5-4-6-8-12/h4-10H,1-3H3/b10-9+,14-11+. The second kappa shape index (κ2) is 6.81. The minimum absolute atomic E-state index is 0.345. The molecule has 0 bridgehead atoms. The molecule has 1 rings (SSSR count). The summed E-state index contributed by atoms with van der Waals surface area (Å²) in [7, 11) is 3.62. The molecule has 0 heterocycles. The summed E-state index contributed by atoms with van der Waals surface area (Å²) in [6, 6.07) is 10.0. The van der Waals surface area contributed by atoms with Crippen LogP contribution in [0.1, 0.15) is 12.5 Å². The Kier molecular flexibility index (Phi) is 5.36. The van der Waals surface area contributed by atoms with Crippen LogP contribution in [-0.4, -0.2) is 29.9 Å². The van der Waals surface area contributed by atoms with Gasteiger partial charge in [0, 0.05) is 14.1 Å². The van der Waals surface area contributed by atoms with Crippen molar-refractivity contribution in [2.75, 3.05) is 14.1 Å². The molecule has 0 radical (unpaired) electrons. The van der Waals surface area contributed by atoms with Crippen molar-refractivity contribution < 1.29 is 4.84 Å². The van der Waals surface area contributed by atoms with E-state index in [-0.39, 0.29) is 0 Å². The van der Waals surface area contributed by atoms with E-state index in [2.05, 4.69) is 5.16 Å². The fourth-order valence-corrected chi connectivity index (χ4v) is 1.04. The minimum Gasteiger partial charge on any atom is -0.337 e. The Morgan fingerprint density at radius 3 is 2.53 bits per heavy atom. The summed E-state index contributed by atoms with van der Waals surface area (Å²) >= 11 is 4.95. The van der Waals surface area contributed by atoms with Gasteiger partial charge >= 0.3 is 0 Å². The van der Waals surface area contributed by atoms with E-state index in [1.807, 2.05) is 63.5 Å². The summed E-state index contributed by atoms with van der Waals surface area (Å²) in [5.74, 6) is 0. The molecule has 90 valence electrons. The van der Waals surface area contributed by atoms with Gasteiger partial charge in [0.25, 0.3) is 5.17 Å². The predicted molar refractivity (Wildman–Crippen MR) is 76.0 cm³/mol. The van der Waals surface area contributed by atoms with Crippen LogP contribution in [0.2, 0.25) is 0 Å². The van der Waals surface area contributed by atoms with Crippen LogP contribution in [0.4, 0.5) is 0 Å². The Bertz CT molecular complexity index is 424. The lowest BCUT2D eigenvalue weighted by atomic mass is 10.2. The highest BCUT2D eigenvalue weighted by atomic mass is 32.1. The molecule has 0 atom stereocenters. The number of nitrogens with zero attached hydrogens (tertiary/aromatic N) is 2. The van der Waals surface area contributed by atoms with Gasteiger partial charge in [0.1, 0.15) is 0 Å². The highest BCUT2D eigenvalue weighted by molar-refractivity contribution is 7.79. The molecule has 0 fully saturated rings. The molecule has 0 N–H and O–H groups in total. The maximum Gasteiger partial charge on any atom is 0.291 e. The fourth-order valence-electron chi connectivity index (χ4n) is 1.00. The Balaban J connectivity index is 2.54. The second-order valence-corrected chi connectivity index (χ2v) is 4.08. The lowest BCUT2D eigenvalue weighted by Gasteiger charge is -2.09. The molecule has 0 saturated heterocycles. The normalized spacial score (nSPS) is 11.6. The zero-order valence-corrected chi connectivity index (χ0v) is 11.1. The summed E-state index contributed by atoms with van der Waals surface area (Å²) in [4.78, 5) is 6.74. The van der Waals surface area contributed by atoms with E-state index < -0.39 is 0 Å². The molecule has 3 nitrogen and oxygen atoms in total. The monoisotopic (exact) mass is 248 g/mol. The number of hydrogen-bond donors (Lipinski definition) is 0. The lowest BCUT2D eigenvalue weighted by molar-refractivity contribution is 0.287. The third-order valence-corrected chi connectivity index (χ3v) is 2.39. The zero-order valence-electron chi connectivity index (χ0n) is 10.3. The SMILES string of the molecule is CC(/C=C/c1ccccc1)=N\OC(=S)N(C)C. The molecule has 1 aromatic carbocycles. The third kappa shape index (κ3) is 5.26. The molecule has 0 saturated carbocycles.